The first kappa shape index (κ1) is 44.3. The Morgan fingerprint density at radius 2 is 0.924 bits per heavy atom. The van der Waals surface area contributed by atoms with Crippen LogP contribution in [0.25, 0.3) is 0 Å². The van der Waals surface area contributed by atoms with Gasteiger partial charge in [0.05, 0.1) is 33.0 Å². The molecule has 11 heteroatoms. The maximum Gasteiger partial charge on any atom is 0.322 e. The molecule has 1 spiro atoms. The summed E-state index contributed by atoms with van der Waals surface area (Å²) in [5.41, 5.74) is 5.39. The Balaban J connectivity index is 1.11. The molecule has 9 rings (SSSR count). The largest absolute Gasteiger partial charge is 0.471 e. The standard InChI is InChI=1S/C55H54N4O7/c60-53-55(31-32-55)59(51-49(56-53)52(65-38-45-27-15-5-16-28-45)58-54(57-51)66-39-46-29-17-6-18-30-46)33-47(62-35-42-21-9-2-10-22-42)50(64-37-44-25-13-4-14-26-44)48(63-36-43-23-11-3-12-24-43)40-61-34-41-19-7-1-8-20-41/h1-30,47-48,50H,31-40H2,(H,56,60)/t47-,48+,50-/m0/s1. The van der Waals surface area contributed by atoms with Gasteiger partial charge in [-0.3, -0.25) is 4.79 Å². The second-order valence-electron chi connectivity index (χ2n) is 16.6. The molecule has 0 bridgehead atoms. The van der Waals surface area contributed by atoms with E-state index in [1.165, 1.54) is 0 Å². The molecule has 2 heterocycles. The first-order valence-corrected chi connectivity index (χ1v) is 22.5. The lowest BCUT2D eigenvalue weighted by Crippen LogP contribution is -2.57. The van der Waals surface area contributed by atoms with Crippen molar-refractivity contribution in [3.63, 3.8) is 0 Å². The van der Waals surface area contributed by atoms with Crippen LogP contribution in [0.5, 0.6) is 11.9 Å². The van der Waals surface area contributed by atoms with Crippen LogP contribution in [0.3, 0.4) is 0 Å². The van der Waals surface area contributed by atoms with Crippen LogP contribution in [0.2, 0.25) is 0 Å². The maximum absolute atomic E-state index is 14.5. The molecule has 7 aromatic rings. The molecule has 336 valence electrons. The van der Waals surface area contributed by atoms with Crippen LogP contribution in [0.1, 0.15) is 46.2 Å². The van der Waals surface area contributed by atoms with Gasteiger partial charge in [-0.15, -0.1) is 0 Å². The highest BCUT2D eigenvalue weighted by Crippen LogP contribution is 2.52. The van der Waals surface area contributed by atoms with E-state index in [4.69, 9.17) is 38.4 Å². The smallest absolute Gasteiger partial charge is 0.322 e. The lowest BCUT2D eigenvalue weighted by Gasteiger charge is -2.42. The summed E-state index contributed by atoms with van der Waals surface area (Å²) in [4.78, 5) is 26.4. The Morgan fingerprint density at radius 1 is 0.500 bits per heavy atom. The van der Waals surface area contributed by atoms with Gasteiger partial charge in [0.2, 0.25) is 5.88 Å². The normalized spacial score (nSPS) is 15.0. The molecule has 1 aromatic heterocycles. The number of carbonyl (C=O) groups is 1. The van der Waals surface area contributed by atoms with Gasteiger partial charge in [-0.05, 0) is 46.2 Å². The average Bonchev–Trinajstić information content (AvgIpc) is 4.18. The summed E-state index contributed by atoms with van der Waals surface area (Å²) in [7, 11) is 0. The predicted molar refractivity (Wildman–Crippen MR) is 253 cm³/mol. The minimum atomic E-state index is -0.905. The second-order valence-corrected chi connectivity index (χ2v) is 16.6. The Morgan fingerprint density at radius 3 is 1.41 bits per heavy atom. The van der Waals surface area contributed by atoms with Gasteiger partial charge in [0.1, 0.15) is 42.8 Å². The zero-order valence-electron chi connectivity index (χ0n) is 36.8. The first-order chi connectivity index (χ1) is 32.6. The van der Waals surface area contributed by atoms with Crippen LogP contribution >= 0.6 is 0 Å². The molecule has 1 fully saturated rings. The van der Waals surface area contributed by atoms with Crippen molar-refractivity contribution in [2.75, 3.05) is 23.4 Å². The van der Waals surface area contributed by atoms with Crippen LogP contribution < -0.4 is 19.7 Å². The van der Waals surface area contributed by atoms with E-state index >= 15 is 0 Å². The van der Waals surface area contributed by atoms with Gasteiger partial charge < -0.3 is 38.6 Å². The van der Waals surface area contributed by atoms with Crippen molar-refractivity contribution >= 4 is 17.4 Å². The average molecular weight is 883 g/mol. The van der Waals surface area contributed by atoms with Crippen molar-refractivity contribution in [2.24, 2.45) is 0 Å². The highest BCUT2D eigenvalue weighted by molar-refractivity contribution is 6.09. The Kier molecular flexibility index (Phi) is 14.7. The van der Waals surface area contributed by atoms with E-state index in [0.29, 0.717) is 37.6 Å². The molecule has 3 atom stereocenters. The fraction of sp³-hybridized carbons (Fsp3) is 0.255. The van der Waals surface area contributed by atoms with Gasteiger partial charge >= 0.3 is 6.01 Å². The SMILES string of the molecule is O=C1Nc2c(OCc3ccccc3)nc(OCc3ccccc3)nc2N(C[C@H](OCc2ccccc2)[C@H](OCc2ccccc2)[C@@H](COCc2ccccc2)OCc2ccccc2)C12CC2. The van der Waals surface area contributed by atoms with Crippen LogP contribution in [0.4, 0.5) is 11.5 Å². The maximum atomic E-state index is 14.5. The molecule has 0 saturated heterocycles. The highest BCUT2D eigenvalue weighted by Gasteiger charge is 2.59. The second kappa shape index (κ2) is 21.9. The zero-order valence-corrected chi connectivity index (χ0v) is 36.8. The molecule has 0 radical (unpaired) electrons. The molecule has 6 aromatic carbocycles. The van der Waals surface area contributed by atoms with Crippen molar-refractivity contribution in [3.8, 4) is 11.9 Å². The number of ether oxygens (including phenoxy) is 6. The van der Waals surface area contributed by atoms with Crippen LogP contribution in [0.15, 0.2) is 182 Å². The number of nitrogens with one attached hydrogen (secondary N) is 1. The molecule has 2 aliphatic rings. The summed E-state index contributed by atoms with van der Waals surface area (Å²) in [6.45, 7) is 2.09. The summed E-state index contributed by atoms with van der Waals surface area (Å²) in [6.07, 6.45) is -0.799. The van der Waals surface area contributed by atoms with Crippen LogP contribution in [0, 0.1) is 0 Å². The number of anilines is 2. The third-order valence-electron chi connectivity index (χ3n) is 11.8. The molecule has 66 heavy (non-hydrogen) atoms. The van der Waals surface area contributed by atoms with E-state index < -0.39 is 23.9 Å². The number of carbonyl (C=O) groups excluding carboxylic acids is 1. The van der Waals surface area contributed by atoms with E-state index in [1.54, 1.807) is 0 Å². The summed E-state index contributed by atoms with van der Waals surface area (Å²) < 4.78 is 40.3. The topological polar surface area (TPSA) is 114 Å². The van der Waals surface area contributed by atoms with Gasteiger partial charge in [0.15, 0.2) is 5.82 Å². The quantitative estimate of drug-likeness (QED) is 0.0667. The third kappa shape index (κ3) is 11.5. The van der Waals surface area contributed by atoms with E-state index in [-0.39, 0.29) is 57.4 Å². The van der Waals surface area contributed by atoms with Crippen molar-refractivity contribution in [2.45, 2.75) is 76.3 Å². The lowest BCUT2D eigenvalue weighted by molar-refractivity contribution is -0.166. The minimum absolute atomic E-state index is 0.120. The number of hydrogen-bond donors (Lipinski definition) is 1. The Labute approximate surface area is 386 Å². The van der Waals surface area contributed by atoms with Crippen molar-refractivity contribution in [1.82, 2.24) is 9.97 Å². The van der Waals surface area contributed by atoms with E-state index in [9.17, 15) is 4.79 Å². The predicted octanol–water partition coefficient (Wildman–Crippen LogP) is 9.90. The van der Waals surface area contributed by atoms with Crippen molar-refractivity contribution in [3.05, 3.63) is 215 Å². The van der Waals surface area contributed by atoms with Gasteiger partial charge in [-0.2, -0.15) is 9.97 Å². The zero-order chi connectivity index (χ0) is 44.8. The molecule has 1 N–H and O–H groups in total. The van der Waals surface area contributed by atoms with Crippen LogP contribution in [-0.2, 0) is 63.4 Å². The monoisotopic (exact) mass is 882 g/mol. The summed E-state index contributed by atoms with van der Waals surface area (Å²) in [6, 6.07) is 60.1. The number of amides is 1. The lowest BCUT2D eigenvalue weighted by atomic mass is 10.0. The minimum Gasteiger partial charge on any atom is -0.471 e. The fourth-order valence-corrected chi connectivity index (χ4v) is 8.08. The van der Waals surface area contributed by atoms with Gasteiger partial charge in [0.25, 0.3) is 5.91 Å². The molecule has 1 amide bonds. The Bertz CT molecular complexity index is 2570. The van der Waals surface area contributed by atoms with Crippen LogP contribution in [-0.4, -0.2) is 52.9 Å². The number of benzene rings is 6. The number of aromatic nitrogens is 2. The van der Waals surface area contributed by atoms with Gasteiger partial charge in [0, 0.05) is 6.54 Å². The molecule has 1 aliphatic heterocycles. The third-order valence-corrected chi connectivity index (χ3v) is 11.8. The number of hydrogen-bond acceptors (Lipinski definition) is 10. The molecule has 11 nitrogen and oxygen atoms in total. The van der Waals surface area contributed by atoms with Crippen molar-refractivity contribution < 1.29 is 33.2 Å². The van der Waals surface area contributed by atoms with Gasteiger partial charge in [-0.25, -0.2) is 0 Å². The molecular formula is C55H54N4O7. The highest BCUT2D eigenvalue weighted by atomic mass is 16.6. The number of nitrogens with zero attached hydrogens (tertiary/aromatic N) is 3. The van der Waals surface area contributed by atoms with E-state index in [2.05, 4.69) is 10.2 Å². The first-order valence-electron chi connectivity index (χ1n) is 22.5. The Hall–Kier alpha value is -6.89. The summed E-state index contributed by atoms with van der Waals surface area (Å²) in [5.74, 6) is 0.524. The molecule has 1 aliphatic carbocycles. The molecule has 1 saturated carbocycles. The fourth-order valence-electron chi connectivity index (χ4n) is 8.08. The van der Waals surface area contributed by atoms with Gasteiger partial charge in [-0.1, -0.05) is 182 Å². The summed E-state index contributed by atoms with van der Waals surface area (Å²) >= 11 is 0. The molecule has 0 unspecified atom stereocenters. The van der Waals surface area contributed by atoms with Crippen molar-refractivity contribution in [1.29, 1.82) is 0 Å². The summed E-state index contributed by atoms with van der Waals surface area (Å²) in [5, 5.41) is 3.16. The van der Waals surface area contributed by atoms with E-state index in [1.807, 2.05) is 182 Å². The number of rotatable bonds is 23. The number of fused-ring (bicyclic) bond motifs is 1. The molecular weight excluding hydrogens is 829 g/mol. The van der Waals surface area contributed by atoms with E-state index in [0.717, 1.165) is 33.4 Å².